The standard InChI is InChI=1S/C14H21NO4S/c1-12-7-6-8-13(11-12)20(17,18)15-10-5-3-4-9-14(16)19-2/h6-8,11,15H,3-5,9-10H2,1-2H3. The van der Waals surface area contributed by atoms with E-state index in [0.29, 0.717) is 25.8 Å². The van der Waals surface area contributed by atoms with Crippen molar-refractivity contribution in [1.82, 2.24) is 4.72 Å². The van der Waals surface area contributed by atoms with Crippen molar-refractivity contribution in [3.8, 4) is 0 Å². The second kappa shape index (κ2) is 8.01. The number of hydrogen-bond acceptors (Lipinski definition) is 4. The average molecular weight is 299 g/mol. The van der Waals surface area contributed by atoms with Gasteiger partial charge in [-0.25, -0.2) is 13.1 Å². The highest BCUT2D eigenvalue weighted by Gasteiger charge is 2.12. The summed E-state index contributed by atoms with van der Waals surface area (Å²) in [4.78, 5) is 11.2. The lowest BCUT2D eigenvalue weighted by Crippen LogP contribution is -2.24. The Labute approximate surface area is 120 Å². The molecule has 0 atom stereocenters. The van der Waals surface area contributed by atoms with E-state index in [-0.39, 0.29) is 10.9 Å². The van der Waals surface area contributed by atoms with Crippen LogP contribution in [0.3, 0.4) is 0 Å². The number of carbonyl (C=O) groups excluding carboxylic acids is 1. The molecule has 0 spiro atoms. The minimum Gasteiger partial charge on any atom is -0.469 e. The quantitative estimate of drug-likeness (QED) is 0.588. The van der Waals surface area contributed by atoms with Gasteiger partial charge >= 0.3 is 5.97 Å². The van der Waals surface area contributed by atoms with Crippen molar-refractivity contribution in [3.63, 3.8) is 0 Å². The van der Waals surface area contributed by atoms with Gasteiger partial charge in [0.05, 0.1) is 12.0 Å². The monoisotopic (exact) mass is 299 g/mol. The molecule has 0 amide bonds. The molecule has 0 aliphatic carbocycles. The summed E-state index contributed by atoms with van der Waals surface area (Å²) in [6.07, 6.45) is 2.56. The van der Waals surface area contributed by atoms with E-state index < -0.39 is 10.0 Å². The van der Waals surface area contributed by atoms with Gasteiger partial charge in [-0.05, 0) is 37.5 Å². The first kappa shape index (κ1) is 16.7. The molecule has 1 N–H and O–H groups in total. The zero-order chi connectivity index (χ0) is 15.0. The van der Waals surface area contributed by atoms with Crippen molar-refractivity contribution >= 4 is 16.0 Å². The van der Waals surface area contributed by atoms with E-state index >= 15 is 0 Å². The zero-order valence-corrected chi connectivity index (χ0v) is 12.7. The summed E-state index contributed by atoms with van der Waals surface area (Å²) in [5.74, 6) is -0.231. The highest BCUT2D eigenvalue weighted by molar-refractivity contribution is 7.89. The van der Waals surface area contributed by atoms with E-state index in [2.05, 4.69) is 9.46 Å². The topological polar surface area (TPSA) is 72.5 Å². The Morgan fingerprint density at radius 3 is 2.65 bits per heavy atom. The van der Waals surface area contributed by atoms with Crippen LogP contribution in [0.1, 0.15) is 31.2 Å². The van der Waals surface area contributed by atoms with Gasteiger partial charge in [0.25, 0.3) is 0 Å². The molecule has 0 saturated heterocycles. The molecule has 1 rings (SSSR count). The minimum absolute atomic E-state index is 0.231. The number of carbonyl (C=O) groups is 1. The van der Waals surface area contributed by atoms with E-state index in [1.807, 2.05) is 13.0 Å². The van der Waals surface area contributed by atoms with E-state index in [0.717, 1.165) is 12.0 Å². The maximum absolute atomic E-state index is 12.0. The predicted molar refractivity (Wildman–Crippen MR) is 76.9 cm³/mol. The molecule has 0 aliphatic rings. The normalized spacial score (nSPS) is 11.3. The molecular weight excluding hydrogens is 278 g/mol. The summed E-state index contributed by atoms with van der Waals surface area (Å²) >= 11 is 0. The summed E-state index contributed by atoms with van der Waals surface area (Å²) in [6.45, 7) is 2.23. The molecule has 20 heavy (non-hydrogen) atoms. The van der Waals surface area contributed by atoms with Crippen molar-refractivity contribution in [2.24, 2.45) is 0 Å². The molecule has 0 aliphatic heterocycles. The third-order valence-corrected chi connectivity index (χ3v) is 4.34. The maximum Gasteiger partial charge on any atom is 0.305 e. The number of hydrogen-bond donors (Lipinski definition) is 1. The highest BCUT2D eigenvalue weighted by Crippen LogP contribution is 2.10. The molecule has 0 saturated carbocycles. The molecule has 5 nitrogen and oxygen atoms in total. The van der Waals surface area contributed by atoms with Gasteiger partial charge in [0.15, 0.2) is 0 Å². The Morgan fingerprint density at radius 2 is 2.00 bits per heavy atom. The maximum atomic E-state index is 12.0. The van der Waals surface area contributed by atoms with Crippen LogP contribution in [0, 0.1) is 6.92 Å². The molecule has 0 fully saturated rings. The van der Waals surface area contributed by atoms with Crippen molar-refractivity contribution in [3.05, 3.63) is 29.8 Å². The van der Waals surface area contributed by atoms with Crippen molar-refractivity contribution in [1.29, 1.82) is 0 Å². The Bertz CT molecular complexity index is 540. The fourth-order valence-corrected chi connectivity index (χ4v) is 2.92. The van der Waals surface area contributed by atoms with Gasteiger partial charge in [-0.3, -0.25) is 4.79 Å². The third-order valence-electron chi connectivity index (χ3n) is 2.88. The summed E-state index contributed by atoms with van der Waals surface area (Å²) in [6, 6.07) is 6.79. The van der Waals surface area contributed by atoms with Crippen LogP contribution in [0.5, 0.6) is 0 Å². The van der Waals surface area contributed by atoms with Crippen LogP contribution >= 0.6 is 0 Å². The third kappa shape index (κ3) is 5.71. The largest absolute Gasteiger partial charge is 0.469 e. The molecule has 0 bridgehead atoms. The summed E-state index contributed by atoms with van der Waals surface area (Å²) in [7, 11) is -2.07. The van der Waals surface area contributed by atoms with Gasteiger partial charge in [-0.15, -0.1) is 0 Å². The molecule has 112 valence electrons. The fraction of sp³-hybridized carbons (Fsp3) is 0.500. The van der Waals surface area contributed by atoms with Crippen LogP contribution in [0.15, 0.2) is 29.2 Å². The number of methoxy groups -OCH3 is 1. The van der Waals surface area contributed by atoms with Gasteiger partial charge in [-0.1, -0.05) is 18.6 Å². The first-order chi connectivity index (χ1) is 9.45. The van der Waals surface area contributed by atoms with E-state index in [1.54, 1.807) is 18.2 Å². The van der Waals surface area contributed by atoms with Crippen LogP contribution in [-0.4, -0.2) is 28.0 Å². The van der Waals surface area contributed by atoms with Crippen LogP contribution in [-0.2, 0) is 19.6 Å². The minimum atomic E-state index is -3.43. The van der Waals surface area contributed by atoms with Crippen molar-refractivity contribution in [2.75, 3.05) is 13.7 Å². The van der Waals surface area contributed by atoms with E-state index in [4.69, 9.17) is 0 Å². The smallest absolute Gasteiger partial charge is 0.305 e. The second-order valence-electron chi connectivity index (χ2n) is 4.60. The number of esters is 1. The lowest BCUT2D eigenvalue weighted by Gasteiger charge is -2.07. The van der Waals surface area contributed by atoms with Crippen LogP contribution in [0.4, 0.5) is 0 Å². The summed E-state index contributed by atoms with van der Waals surface area (Å²) in [5, 5.41) is 0. The molecule has 0 aromatic heterocycles. The second-order valence-corrected chi connectivity index (χ2v) is 6.37. The number of rotatable bonds is 8. The molecule has 1 aromatic carbocycles. The number of aryl methyl sites for hydroxylation is 1. The Hall–Kier alpha value is -1.40. The first-order valence-corrected chi connectivity index (χ1v) is 8.07. The van der Waals surface area contributed by atoms with Crippen molar-refractivity contribution in [2.45, 2.75) is 37.5 Å². The van der Waals surface area contributed by atoms with Crippen LogP contribution in [0.2, 0.25) is 0 Å². The predicted octanol–water partition coefficient (Wildman–Crippen LogP) is 2.01. The van der Waals surface area contributed by atoms with Crippen LogP contribution < -0.4 is 4.72 Å². The summed E-state index contributed by atoms with van der Waals surface area (Å²) < 4.78 is 31.1. The van der Waals surface area contributed by atoms with Gasteiger partial charge in [0, 0.05) is 13.0 Å². The SMILES string of the molecule is COC(=O)CCCCCNS(=O)(=O)c1cccc(C)c1. The first-order valence-electron chi connectivity index (χ1n) is 6.59. The van der Waals surface area contributed by atoms with E-state index in [9.17, 15) is 13.2 Å². The van der Waals surface area contributed by atoms with Crippen LogP contribution in [0.25, 0.3) is 0 Å². The van der Waals surface area contributed by atoms with E-state index in [1.165, 1.54) is 7.11 Å². The van der Waals surface area contributed by atoms with Gasteiger partial charge < -0.3 is 4.74 Å². The van der Waals surface area contributed by atoms with Gasteiger partial charge in [-0.2, -0.15) is 0 Å². The number of benzene rings is 1. The molecule has 6 heteroatoms. The van der Waals surface area contributed by atoms with Gasteiger partial charge in [0.1, 0.15) is 0 Å². The lowest BCUT2D eigenvalue weighted by atomic mass is 10.2. The zero-order valence-electron chi connectivity index (χ0n) is 11.9. The molecule has 0 unspecified atom stereocenters. The molecule has 0 heterocycles. The highest BCUT2D eigenvalue weighted by atomic mass is 32.2. The van der Waals surface area contributed by atoms with Gasteiger partial charge in [0.2, 0.25) is 10.0 Å². The number of unbranched alkanes of at least 4 members (excludes halogenated alkanes) is 2. The summed E-state index contributed by atoms with van der Waals surface area (Å²) in [5.41, 5.74) is 0.908. The molecule has 1 aromatic rings. The van der Waals surface area contributed by atoms with Crippen molar-refractivity contribution < 1.29 is 17.9 Å². The fourth-order valence-electron chi connectivity index (χ4n) is 1.75. The number of nitrogens with one attached hydrogen (secondary N) is 1. The Morgan fingerprint density at radius 1 is 1.25 bits per heavy atom. The number of sulfonamides is 1. The average Bonchev–Trinajstić information content (AvgIpc) is 2.42. The Kier molecular flexibility index (Phi) is 6.67. The number of ether oxygens (including phenoxy) is 1. The Balaban J connectivity index is 2.32. The lowest BCUT2D eigenvalue weighted by molar-refractivity contribution is -0.140. The molecular formula is C14H21NO4S. The molecule has 0 radical (unpaired) electrons.